The lowest BCUT2D eigenvalue weighted by molar-refractivity contribution is 0.00578. The van der Waals surface area contributed by atoms with E-state index in [2.05, 4.69) is 4.98 Å². The second kappa shape index (κ2) is 5.27. The minimum absolute atomic E-state index is 0.303. The van der Waals surface area contributed by atoms with Gasteiger partial charge < -0.3 is 9.31 Å². The van der Waals surface area contributed by atoms with Crippen LogP contribution in [0.5, 0.6) is 0 Å². The maximum atomic E-state index is 5.88. The zero-order chi connectivity index (χ0) is 14.1. The Balaban J connectivity index is 2.04. The van der Waals surface area contributed by atoms with E-state index in [1.807, 2.05) is 51.9 Å². The summed E-state index contributed by atoms with van der Waals surface area (Å²) in [7, 11) is -0.322. The van der Waals surface area contributed by atoms with Crippen molar-refractivity contribution in [3.63, 3.8) is 0 Å². The van der Waals surface area contributed by atoms with Crippen molar-refractivity contribution in [1.29, 1.82) is 0 Å². The Kier molecular flexibility index (Phi) is 4.04. The van der Waals surface area contributed by atoms with Crippen LogP contribution in [0, 0.1) is 0 Å². The van der Waals surface area contributed by atoms with Crippen LogP contribution in [0.2, 0.25) is 0 Å². The van der Waals surface area contributed by atoms with E-state index in [0.717, 1.165) is 11.3 Å². The van der Waals surface area contributed by atoms with Crippen molar-refractivity contribution in [3.05, 3.63) is 35.6 Å². The van der Waals surface area contributed by atoms with Crippen molar-refractivity contribution in [2.24, 2.45) is 0 Å². The summed E-state index contributed by atoms with van der Waals surface area (Å²) in [5.74, 6) is 2.34. The molecule has 2 rings (SSSR count). The summed E-state index contributed by atoms with van der Waals surface area (Å²) in [6, 6.07) is 3.89. The van der Waals surface area contributed by atoms with E-state index in [9.17, 15) is 0 Å². The smallest absolute Gasteiger partial charge is 0.400 e. The van der Waals surface area contributed by atoms with Crippen LogP contribution in [-0.2, 0) is 15.2 Å². The second-order valence-electron chi connectivity index (χ2n) is 5.70. The molecule has 3 nitrogen and oxygen atoms in total. The van der Waals surface area contributed by atoms with Gasteiger partial charge in [-0.3, -0.25) is 4.98 Å². The van der Waals surface area contributed by atoms with Crippen LogP contribution in [0.3, 0.4) is 0 Å². The Bertz CT molecular complexity index is 455. The standard InChI is InChI=1S/C14H19BClNO2/c1-13(2)14(3,4)19-15(18-13)8-7-11-5-6-12(9-16)17-10-11/h5-8,10H,9H2,1-4H3/b8-7+. The molecule has 0 unspecified atom stereocenters. The van der Waals surface area contributed by atoms with Crippen LogP contribution in [0.25, 0.3) is 6.08 Å². The predicted molar refractivity (Wildman–Crippen MR) is 78.9 cm³/mol. The fourth-order valence-electron chi connectivity index (χ4n) is 1.77. The van der Waals surface area contributed by atoms with Gasteiger partial charge in [-0.25, -0.2) is 0 Å². The van der Waals surface area contributed by atoms with Crippen molar-refractivity contribution in [1.82, 2.24) is 4.98 Å². The van der Waals surface area contributed by atoms with Crippen LogP contribution in [-0.4, -0.2) is 23.3 Å². The summed E-state index contributed by atoms with van der Waals surface area (Å²) in [6.07, 6.45) is 3.74. The van der Waals surface area contributed by atoms with Gasteiger partial charge >= 0.3 is 7.12 Å². The van der Waals surface area contributed by atoms with Gasteiger partial charge in [0, 0.05) is 6.20 Å². The lowest BCUT2D eigenvalue weighted by Crippen LogP contribution is -2.41. The number of alkyl halides is 1. The lowest BCUT2D eigenvalue weighted by Gasteiger charge is -2.32. The Labute approximate surface area is 120 Å². The monoisotopic (exact) mass is 279 g/mol. The summed E-state index contributed by atoms with van der Waals surface area (Å²) < 4.78 is 11.8. The average Bonchev–Trinajstić information content (AvgIpc) is 2.56. The summed E-state index contributed by atoms with van der Waals surface area (Å²) in [5, 5.41) is 0. The summed E-state index contributed by atoms with van der Waals surface area (Å²) in [5.41, 5.74) is 1.27. The highest BCUT2D eigenvalue weighted by atomic mass is 35.5. The number of hydrogen-bond acceptors (Lipinski definition) is 3. The molecule has 0 atom stereocenters. The van der Waals surface area contributed by atoms with Crippen molar-refractivity contribution >= 4 is 24.8 Å². The van der Waals surface area contributed by atoms with Gasteiger partial charge in [0.15, 0.2) is 0 Å². The highest BCUT2D eigenvalue weighted by Gasteiger charge is 2.49. The fourth-order valence-corrected chi connectivity index (χ4v) is 1.93. The van der Waals surface area contributed by atoms with E-state index in [-0.39, 0.29) is 18.3 Å². The largest absolute Gasteiger partial charge is 0.487 e. The third kappa shape index (κ3) is 3.19. The molecule has 19 heavy (non-hydrogen) atoms. The van der Waals surface area contributed by atoms with Crippen molar-refractivity contribution < 1.29 is 9.31 Å². The molecule has 0 N–H and O–H groups in total. The third-order valence-electron chi connectivity index (χ3n) is 3.70. The molecule has 1 aromatic heterocycles. The minimum atomic E-state index is -0.322. The van der Waals surface area contributed by atoms with Gasteiger partial charge in [0.2, 0.25) is 0 Å². The zero-order valence-corrected chi connectivity index (χ0v) is 12.6. The van der Waals surface area contributed by atoms with Crippen molar-refractivity contribution in [2.75, 3.05) is 0 Å². The number of nitrogens with zero attached hydrogens (tertiary/aromatic N) is 1. The first kappa shape index (κ1) is 14.6. The van der Waals surface area contributed by atoms with Gasteiger partial charge in [0.1, 0.15) is 0 Å². The summed E-state index contributed by atoms with van der Waals surface area (Å²) >= 11 is 5.70. The average molecular weight is 280 g/mol. The molecular formula is C14H19BClNO2. The molecule has 0 amide bonds. The molecule has 1 fully saturated rings. The van der Waals surface area contributed by atoms with Gasteiger partial charge in [0.05, 0.1) is 22.8 Å². The van der Waals surface area contributed by atoms with Crippen LogP contribution in [0.15, 0.2) is 24.3 Å². The van der Waals surface area contributed by atoms with Crippen LogP contribution < -0.4 is 0 Å². The molecule has 0 saturated carbocycles. The van der Waals surface area contributed by atoms with E-state index in [4.69, 9.17) is 20.9 Å². The van der Waals surface area contributed by atoms with E-state index >= 15 is 0 Å². The van der Waals surface area contributed by atoms with Crippen LogP contribution in [0.1, 0.15) is 39.0 Å². The Morgan fingerprint density at radius 3 is 2.32 bits per heavy atom. The topological polar surface area (TPSA) is 31.4 Å². The molecule has 1 saturated heterocycles. The zero-order valence-electron chi connectivity index (χ0n) is 11.8. The Morgan fingerprint density at radius 1 is 1.21 bits per heavy atom. The molecule has 1 aromatic rings. The normalized spacial score (nSPS) is 21.2. The Hall–Kier alpha value is -0.835. The molecule has 2 heterocycles. The number of halogens is 1. The minimum Gasteiger partial charge on any atom is -0.400 e. The first-order chi connectivity index (χ1) is 8.84. The van der Waals surface area contributed by atoms with Gasteiger partial charge in [-0.05, 0) is 39.3 Å². The number of pyridine rings is 1. The van der Waals surface area contributed by atoms with E-state index in [1.54, 1.807) is 6.20 Å². The molecule has 0 aromatic carbocycles. The molecule has 1 aliphatic heterocycles. The molecule has 0 spiro atoms. The maximum absolute atomic E-state index is 5.88. The molecule has 0 radical (unpaired) electrons. The fraction of sp³-hybridized carbons (Fsp3) is 0.500. The Morgan fingerprint density at radius 2 is 1.84 bits per heavy atom. The molecule has 0 aliphatic carbocycles. The highest BCUT2D eigenvalue weighted by Crippen LogP contribution is 2.36. The first-order valence-corrected chi connectivity index (χ1v) is 6.92. The van der Waals surface area contributed by atoms with Gasteiger partial charge in [-0.1, -0.05) is 18.1 Å². The second-order valence-corrected chi connectivity index (χ2v) is 5.97. The van der Waals surface area contributed by atoms with Gasteiger partial charge in [-0.2, -0.15) is 0 Å². The highest BCUT2D eigenvalue weighted by molar-refractivity contribution is 6.52. The molecule has 102 valence electrons. The van der Waals surface area contributed by atoms with E-state index in [0.29, 0.717) is 5.88 Å². The van der Waals surface area contributed by atoms with Crippen LogP contribution in [0.4, 0.5) is 0 Å². The molecule has 5 heteroatoms. The summed E-state index contributed by atoms with van der Waals surface area (Å²) in [4.78, 5) is 4.23. The first-order valence-electron chi connectivity index (χ1n) is 6.39. The number of rotatable bonds is 3. The van der Waals surface area contributed by atoms with E-state index in [1.165, 1.54) is 0 Å². The van der Waals surface area contributed by atoms with Crippen LogP contribution >= 0.6 is 11.6 Å². The van der Waals surface area contributed by atoms with Gasteiger partial charge in [-0.15, -0.1) is 11.6 Å². The lowest BCUT2D eigenvalue weighted by atomic mass is 9.89. The quantitative estimate of drug-likeness (QED) is 0.627. The maximum Gasteiger partial charge on any atom is 0.487 e. The van der Waals surface area contributed by atoms with Crippen molar-refractivity contribution in [3.8, 4) is 0 Å². The van der Waals surface area contributed by atoms with Gasteiger partial charge in [0.25, 0.3) is 0 Å². The van der Waals surface area contributed by atoms with E-state index < -0.39 is 0 Å². The predicted octanol–water partition coefficient (Wildman–Crippen LogP) is 3.47. The molecular weight excluding hydrogens is 260 g/mol. The number of aromatic nitrogens is 1. The number of hydrogen-bond donors (Lipinski definition) is 0. The third-order valence-corrected chi connectivity index (χ3v) is 3.98. The van der Waals surface area contributed by atoms with Crippen molar-refractivity contribution in [2.45, 2.75) is 44.8 Å². The molecule has 0 bridgehead atoms. The molecule has 1 aliphatic rings. The summed E-state index contributed by atoms with van der Waals surface area (Å²) in [6.45, 7) is 8.16. The SMILES string of the molecule is CC1(C)OB(/C=C/c2ccc(CCl)nc2)OC1(C)C.